The molecule has 0 aliphatic heterocycles. The van der Waals surface area contributed by atoms with E-state index in [2.05, 4.69) is 12.2 Å². The second-order valence-corrected chi connectivity index (χ2v) is 4.14. The first-order valence-corrected chi connectivity index (χ1v) is 5.29. The Bertz CT molecular complexity index is 381. The van der Waals surface area contributed by atoms with Crippen molar-refractivity contribution in [1.29, 1.82) is 0 Å². The zero-order chi connectivity index (χ0) is 10.7. The van der Waals surface area contributed by atoms with Gasteiger partial charge in [0.05, 0.1) is 0 Å². The maximum atomic E-state index is 11.4. The number of hydrogen-bond donors (Lipinski definition) is 1. The van der Waals surface area contributed by atoms with E-state index in [0.717, 1.165) is 17.8 Å². The van der Waals surface area contributed by atoms with Gasteiger partial charge >= 0.3 is 0 Å². The SMILES string of the molecule is C[C@@H]1CC(=O)C=C(Nc2ccccc2)C1. The van der Waals surface area contributed by atoms with Crippen molar-refractivity contribution in [2.24, 2.45) is 5.92 Å². The molecule has 2 rings (SSSR count). The van der Waals surface area contributed by atoms with E-state index < -0.39 is 0 Å². The number of carbonyl (C=O) groups excluding carboxylic acids is 1. The number of para-hydroxylation sites is 1. The lowest BCUT2D eigenvalue weighted by atomic mass is 9.93. The van der Waals surface area contributed by atoms with Crippen LogP contribution in [0.25, 0.3) is 0 Å². The van der Waals surface area contributed by atoms with Gasteiger partial charge in [-0.3, -0.25) is 4.79 Å². The van der Waals surface area contributed by atoms with Gasteiger partial charge in [0, 0.05) is 23.9 Å². The fraction of sp³-hybridized carbons (Fsp3) is 0.308. The summed E-state index contributed by atoms with van der Waals surface area (Å²) >= 11 is 0. The molecule has 0 saturated carbocycles. The topological polar surface area (TPSA) is 29.1 Å². The van der Waals surface area contributed by atoms with Gasteiger partial charge in [0.2, 0.25) is 0 Å². The number of hydrogen-bond acceptors (Lipinski definition) is 2. The van der Waals surface area contributed by atoms with Gasteiger partial charge in [0.25, 0.3) is 0 Å². The van der Waals surface area contributed by atoms with Crippen LogP contribution in [0.5, 0.6) is 0 Å². The Morgan fingerprint density at radius 2 is 1.93 bits per heavy atom. The quantitative estimate of drug-likeness (QED) is 0.797. The lowest BCUT2D eigenvalue weighted by molar-refractivity contribution is -0.115. The fourth-order valence-electron chi connectivity index (χ4n) is 1.90. The van der Waals surface area contributed by atoms with Gasteiger partial charge in [-0.05, 0) is 24.5 Å². The Balaban J connectivity index is 2.09. The molecule has 1 aliphatic rings. The number of ketones is 1. The molecule has 0 fully saturated rings. The summed E-state index contributed by atoms with van der Waals surface area (Å²) in [5.74, 6) is 0.681. The van der Waals surface area contributed by atoms with E-state index in [1.54, 1.807) is 6.08 Å². The van der Waals surface area contributed by atoms with Crippen molar-refractivity contribution in [3.63, 3.8) is 0 Å². The fourth-order valence-corrected chi connectivity index (χ4v) is 1.90. The van der Waals surface area contributed by atoms with Crippen molar-refractivity contribution in [2.75, 3.05) is 5.32 Å². The Kier molecular flexibility index (Phi) is 2.86. The van der Waals surface area contributed by atoms with E-state index in [-0.39, 0.29) is 5.78 Å². The van der Waals surface area contributed by atoms with Gasteiger partial charge in [-0.25, -0.2) is 0 Å². The van der Waals surface area contributed by atoms with Crippen molar-refractivity contribution >= 4 is 11.5 Å². The van der Waals surface area contributed by atoms with Crippen LogP contribution < -0.4 is 5.32 Å². The molecule has 0 unspecified atom stereocenters. The van der Waals surface area contributed by atoms with Crippen molar-refractivity contribution < 1.29 is 4.79 Å². The van der Waals surface area contributed by atoms with Crippen LogP contribution in [0.2, 0.25) is 0 Å². The first kappa shape index (κ1) is 9.97. The van der Waals surface area contributed by atoms with Crippen molar-refractivity contribution in [2.45, 2.75) is 19.8 Å². The molecule has 1 aromatic carbocycles. The molecule has 0 aromatic heterocycles. The Morgan fingerprint density at radius 3 is 2.60 bits per heavy atom. The molecule has 0 heterocycles. The molecule has 1 N–H and O–H groups in total. The number of carbonyl (C=O) groups is 1. The molecule has 0 bridgehead atoms. The monoisotopic (exact) mass is 201 g/mol. The van der Waals surface area contributed by atoms with E-state index in [1.165, 1.54) is 0 Å². The van der Waals surface area contributed by atoms with Crippen LogP contribution >= 0.6 is 0 Å². The lowest BCUT2D eigenvalue weighted by Crippen LogP contribution is -2.15. The third-order valence-electron chi connectivity index (χ3n) is 2.53. The summed E-state index contributed by atoms with van der Waals surface area (Å²) < 4.78 is 0. The smallest absolute Gasteiger partial charge is 0.157 e. The summed E-state index contributed by atoms with van der Waals surface area (Å²) in [5, 5.41) is 3.28. The summed E-state index contributed by atoms with van der Waals surface area (Å²) in [6, 6.07) is 9.96. The van der Waals surface area contributed by atoms with Crippen LogP contribution in [-0.4, -0.2) is 5.78 Å². The average Bonchev–Trinajstić information content (AvgIpc) is 2.17. The summed E-state index contributed by atoms with van der Waals surface area (Å²) in [5.41, 5.74) is 2.08. The predicted octanol–water partition coefficient (Wildman–Crippen LogP) is 2.98. The van der Waals surface area contributed by atoms with Crippen molar-refractivity contribution in [1.82, 2.24) is 0 Å². The molecule has 78 valence electrons. The van der Waals surface area contributed by atoms with E-state index >= 15 is 0 Å². The van der Waals surface area contributed by atoms with Crippen LogP contribution in [0.1, 0.15) is 19.8 Å². The van der Waals surface area contributed by atoms with E-state index in [1.807, 2.05) is 30.3 Å². The van der Waals surface area contributed by atoms with Gasteiger partial charge in [0.15, 0.2) is 5.78 Å². The van der Waals surface area contributed by atoms with E-state index in [9.17, 15) is 4.79 Å². The Hall–Kier alpha value is -1.57. The first-order valence-electron chi connectivity index (χ1n) is 5.29. The largest absolute Gasteiger partial charge is 0.359 e. The standard InChI is InChI=1S/C13H15NO/c1-10-7-12(9-13(15)8-10)14-11-5-3-2-4-6-11/h2-6,9-10,14H,7-8H2,1H3/t10-/m0/s1. The van der Waals surface area contributed by atoms with Crippen LogP contribution in [0, 0.1) is 5.92 Å². The minimum Gasteiger partial charge on any atom is -0.359 e. The molecule has 1 aromatic rings. The highest BCUT2D eigenvalue weighted by atomic mass is 16.1. The minimum atomic E-state index is 0.229. The molecule has 1 aliphatic carbocycles. The summed E-state index contributed by atoms with van der Waals surface area (Å²) in [6.45, 7) is 2.11. The molecule has 0 radical (unpaired) electrons. The molecular weight excluding hydrogens is 186 g/mol. The van der Waals surface area contributed by atoms with E-state index in [0.29, 0.717) is 12.3 Å². The van der Waals surface area contributed by atoms with Crippen LogP contribution in [0.4, 0.5) is 5.69 Å². The molecule has 0 amide bonds. The van der Waals surface area contributed by atoms with Gasteiger partial charge in [-0.2, -0.15) is 0 Å². The molecule has 15 heavy (non-hydrogen) atoms. The second-order valence-electron chi connectivity index (χ2n) is 4.14. The maximum absolute atomic E-state index is 11.4. The van der Waals surface area contributed by atoms with Gasteiger partial charge in [-0.1, -0.05) is 25.1 Å². The van der Waals surface area contributed by atoms with Gasteiger partial charge in [-0.15, -0.1) is 0 Å². The highest BCUT2D eigenvalue weighted by Crippen LogP contribution is 2.22. The van der Waals surface area contributed by atoms with E-state index in [4.69, 9.17) is 0 Å². The first-order chi connectivity index (χ1) is 7.24. The number of rotatable bonds is 2. The van der Waals surface area contributed by atoms with Crippen molar-refractivity contribution in [3.8, 4) is 0 Å². The number of anilines is 1. The highest BCUT2D eigenvalue weighted by Gasteiger charge is 2.16. The van der Waals surface area contributed by atoms with Gasteiger partial charge < -0.3 is 5.32 Å². The lowest BCUT2D eigenvalue weighted by Gasteiger charge is -2.19. The number of benzene rings is 1. The van der Waals surface area contributed by atoms with Crippen LogP contribution in [0.3, 0.4) is 0 Å². The zero-order valence-corrected chi connectivity index (χ0v) is 8.86. The summed E-state index contributed by atoms with van der Waals surface area (Å²) in [6.07, 6.45) is 3.37. The Morgan fingerprint density at radius 1 is 1.20 bits per heavy atom. The minimum absolute atomic E-state index is 0.229. The predicted molar refractivity (Wildman–Crippen MR) is 61.6 cm³/mol. The molecule has 0 saturated heterocycles. The summed E-state index contributed by atoms with van der Waals surface area (Å²) in [4.78, 5) is 11.4. The normalized spacial score (nSPS) is 21.0. The Labute approximate surface area is 90.0 Å². The molecule has 0 spiro atoms. The van der Waals surface area contributed by atoms with Crippen LogP contribution in [-0.2, 0) is 4.79 Å². The zero-order valence-electron chi connectivity index (χ0n) is 8.86. The maximum Gasteiger partial charge on any atom is 0.157 e. The third kappa shape index (κ3) is 2.69. The van der Waals surface area contributed by atoms with Crippen LogP contribution in [0.15, 0.2) is 42.1 Å². The summed E-state index contributed by atoms with van der Waals surface area (Å²) in [7, 11) is 0. The molecule has 2 nitrogen and oxygen atoms in total. The number of nitrogens with one attached hydrogen (secondary N) is 1. The third-order valence-corrected chi connectivity index (χ3v) is 2.53. The average molecular weight is 201 g/mol. The molecule has 2 heteroatoms. The molecular formula is C13H15NO. The van der Waals surface area contributed by atoms with Crippen molar-refractivity contribution in [3.05, 3.63) is 42.1 Å². The van der Waals surface area contributed by atoms with Gasteiger partial charge in [0.1, 0.15) is 0 Å². The molecule has 1 atom stereocenters. The highest BCUT2D eigenvalue weighted by molar-refractivity contribution is 5.91. The number of allylic oxidation sites excluding steroid dienone is 2. The second kappa shape index (κ2) is 4.30.